The summed E-state index contributed by atoms with van der Waals surface area (Å²) < 4.78 is 11.5. The number of aryl methyl sites for hydroxylation is 1. The number of carbonyl (C=O) groups is 2. The van der Waals surface area contributed by atoms with Gasteiger partial charge in [0.05, 0.1) is 7.11 Å². The van der Waals surface area contributed by atoms with Crippen LogP contribution in [0.15, 0.2) is 39.9 Å². The molecule has 1 aromatic carbocycles. The molecule has 8 nitrogen and oxygen atoms in total. The van der Waals surface area contributed by atoms with Crippen LogP contribution < -0.4 is 10.5 Å². The van der Waals surface area contributed by atoms with Gasteiger partial charge >= 0.3 is 5.97 Å². The number of aromatic nitrogens is 2. The maximum absolute atomic E-state index is 13.0. The summed E-state index contributed by atoms with van der Waals surface area (Å²) in [5.74, 6) is 1.10. The van der Waals surface area contributed by atoms with Gasteiger partial charge in [0.25, 0.3) is 0 Å². The van der Waals surface area contributed by atoms with E-state index in [0.717, 1.165) is 26.2 Å². The number of fused-ring (bicyclic) bond motifs is 1. The molecule has 158 valence electrons. The third-order valence-electron chi connectivity index (χ3n) is 4.69. The quantitative estimate of drug-likeness (QED) is 0.375. The van der Waals surface area contributed by atoms with Gasteiger partial charge in [-0.05, 0) is 30.2 Å². The predicted molar refractivity (Wildman–Crippen MR) is 116 cm³/mol. The van der Waals surface area contributed by atoms with Crippen molar-refractivity contribution in [2.45, 2.75) is 29.3 Å². The number of ether oxygens (including phenoxy) is 2. The molecule has 4 rings (SSSR count). The van der Waals surface area contributed by atoms with Gasteiger partial charge in [-0.2, -0.15) is 0 Å². The summed E-state index contributed by atoms with van der Waals surface area (Å²) in [6, 6.07) is 6.69. The first-order chi connectivity index (χ1) is 14.5. The summed E-state index contributed by atoms with van der Waals surface area (Å²) in [7, 11) is 1.59. The van der Waals surface area contributed by atoms with Gasteiger partial charge in [-0.25, -0.2) is 4.79 Å². The molecule has 3 heterocycles. The number of rotatable bonds is 7. The summed E-state index contributed by atoms with van der Waals surface area (Å²) in [5, 5.41) is 8.78. The molecule has 2 atom stereocenters. The van der Waals surface area contributed by atoms with E-state index < -0.39 is 12.0 Å². The number of methoxy groups -OCH3 is 1. The van der Waals surface area contributed by atoms with E-state index in [1.165, 1.54) is 28.0 Å². The van der Waals surface area contributed by atoms with E-state index >= 15 is 0 Å². The van der Waals surface area contributed by atoms with Crippen LogP contribution in [0.25, 0.3) is 0 Å². The minimum atomic E-state index is -0.584. The Balaban J connectivity index is 1.51. The van der Waals surface area contributed by atoms with Crippen molar-refractivity contribution in [3.05, 3.63) is 46.1 Å². The number of nitrogens with two attached hydrogens (primary N) is 1. The van der Waals surface area contributed by atoms with Crippen LogP contribution >= 0.6 is 34.9 Å². The standard InChI is InChI=1S/C19H20N4O4S3/c1-10-21-22-19(30-10)29-9-12-8-28-17-14(20)16(24)23(17)15(12)18(25)27-7-11-3-5-13(26-2)6-4-11/h3-6,14,17H,7-9,20H2,1-2H3/t14?,17-/m0/s1. The molecule has 0 spiro atoms. The molecular weight excluding hydrogens is 444 g/mol. The lowest BCUT2D eigenvalue weighted by Gasteiger charge is -2.48. The van der Waals surface area contributed by atoms with E-state index in [9.17, 15) is 9.59 Å². The Kier molecular flexibility index (Phi) is 6.32. The van der Waals surface area contributed by atoms with Gasteiger partial charge in [-0.15, -0.1) is 22.0 Å². The molecule has 0 aliphatic carbocycles. The van der Waals surface area contributed by atoms with Crippen molar-refractivity contribution in [3.63, 3.8) is 0 Å². The molecule has 2 aliphatic rings. The monoisotopic (exact) mass is 464 g/mol. The number of benzene rings is 1. The third-order valence-corrected chi connectivity index (χ3v) is 8.11. The number of nitrogens with zero attached hydrogens (tertiary/aromatic N) is 3. The Labute approximate surface area is 186 Å². The van der Waals surface area contributed by atoms with E-state index in [1.54, 1.807) is 31.0 Å². The zero-order valence-electron chi connectivity index (χ0n) is 16.4. The second-order valence-corrected chi connectivity index (χ2v) is 10.2. The first-order valence-corrected chi connectivity index (χ1v) is 12.0. The summed E-state index contributed by atoms with van der Waals surface area (Å²) >= 11 is 4.56. The molecule has 0 saturated carbocycles. The van der Waals surface area contributed by atoms with Crippen LogP contribution in [0.3, 0.4) is 0 Å². The second-order valence-electron chi connectivity index (χ2n) is 6.69. The number of esters is 1. The minimum Gasteiger partial charge on any atom is -0.497 e. The van der Waals surface area contributed by atoms with Crippen LogP contribution in [0.2, 0.25) is 0 Å². The summed E-state index contributed by atoms with van der Waals surface area (Å²) in [5.41, 5.74) is 7.91. The fraction of sp³-hybridized carbons (Fsp3) is 0.368. The highest BCUT2D eigenvalue weighted by Gasteiger charge is 2.52. The Morgan fingerprint density at radius 1 is 1.33 bits per heavy atom. The van der Waals surface area contributed by atoms with Gasteiger partial charge in [0, 0.05) is 11.5 Å². The van der Waals surface area contributed by atoms with E-state index in [4.69, 9.17) is 15.2 Å². The van der Waals surface area contributed by atoms with Crippen molar-refractivity contribution in [1.82, 2.24) is 15.1 Å². The molecule has 2 aromatic rings. The number of hydrogen-bond acceptors (Lipinski definition) is 10. The zero-order valence-corrected chi connectivity index (χ0v) is 18.8. The Morgan fingerprint density at radius 2 is 2.10 bits per heavy atom. The average Bonchev–Trinajstić information content (AvgIpc) is 3.20. The topological polar surface area (TPSA) is 108 Å². The Morgan fingerprint density at radius 3 is 2.77 bits per heavy atom. The van der Waals surface area contributed by atoms with Gasteiger partial charge in [-0.1, -0.05) is 35.2 Å². The fourth-order valence-corrected chi connectivity index (χ4v) is 6.35. The molecule has 30 heavy (non-hydrogen) atoms. The zero-order chi connectivity index (χ0) is 21.3. The molecule has 1 fully saturated rings. The third kappa shape index (κ3) is 4.20. The Bertz CT molecular complexity index is 992. The van der Waals surface area contributed by atoms with Crippen molar-refractivity contribution in [2.24, 2.45) is 5.73 Å². The maximum atomic E-state index is 13.0. The lowest BCUT2D eigenvalue weighted by Crippen LogP contribution is -2.68. The van der Waals surface area contributed by atoms with E-state index in [2.05, 4.69) is 10.2 Å². The first kappa shape index (κ1) is 21.2. The lowest BCUT2D eigenvalue weighted by atomic mass is 10.0. The van der Waals surface area contributed by atoms with Crippen LogP contribution in [0.5, 0.6) is 5.75 Å². The van der Waals surface area contributed by atoms with Gasteiger partial charge in [0.1, 0.15) is 34.5 Å². The maximum Gasteiger partial charge on any atom is 0.355 e. The molecule has 1 unspecified atom stereocenters. The van der Waals surface area contributed by atoms with E-state index in [0.29, 0.717) is 17.2 Å². The number of thioether (sulfide) groups is 2. The van der Waals surface area contributed by atoms with Gasteiger partial charge < -0.3 is 15.2 Å². The number of hydrogen-bond donors (Lipinski definition) is 1. The van der Waals surface area contributed by atoms with Crippen molar-refractivity contribution in [3.8, 4) is 5.75 Å². The van der Waals surface area contributed by atoms with Crippen LogP contribution in [0, 0.1) is 6.92 Å². The van der Waals surface area contributed by atoms with E-state index in [-0.39, 0.29) is 17.9 Å². The van der Waals surface area contributed by atoms with Crippen LogP contribution in [-0.4, -0.2) is 57.0 Å². The molecule has 2 N–H and O–H groups in total. The van der Waals surface area contributed by atoms with Crippen LogP contribution in [0.1, 0.15) is 10.6 Å². The second kappa shape index (κ2) is 8.96. The van der Waals surface area contributed by atoms with Gasteiger partial charge in [0.15, 0.2) is 4.34 Å². The molecule has 1 amide bonds. The Hall–Kier alpha value is -2.08. The number of amides is 1. The molecule has 2 aliphatic heterocycles. The van der Waals surface area contributed by atoms with Crippen molar-refractivity contribution in [1.29, 1.82) is 0 Å². The summed E-state index contributed by atoms with van der Waals surface area (Å²) in [6.07, 6.45) is 0. The van der Waals surface area contributed by atoms with E-state index in [1.807, 2.05) is 19.1 Å². The van der Waals surface area contributed by atoms with Crippen molar-refractivity contribution in [2.75, 3.05) is 18.6 Å². The molecule has 0 radical (unpaired) electrons. The highest BCUT2D eigenvalue weighted by molar-refractivity contribution is 8.01. The SMILES string of the molecule is COc1ccc(COC(=O)C2=C(CSc3nnc(C)s3)CS[C@H]3C(N)C(=O)N23)cc1. The van der Waals surface area contributed by atoms with Gasteiger partial charge in [0.2, 0.25) is 5.91 Å². The highest BCUT2D eigenvalue weighted by Crippen LogP contribution is 2.41. The number of carbonyl (C=O) groups excluding carboxylic acids is 2. The smallest absolute Gasteiger partial charge is 0.355 e. The molecular formula is C19H20N4O4S3. The van der Waals surface area contributed by atoms with Crippen molar-refractivity contribution >= 4 is 46.7 Å². The molecule has 1 saturated heterocycles. The number of β-lactam (4-membered cyclic amide) rings is 1. The molecule has 11 heteroatoms. The molecule has 1 aromatic heterocycles. The largest absolute Gasteiger partial charge is 0.497 e. The predicted octanol–water partition coefficient (Wildman–Crippen LogP) is 2.19. The average molecular weight is 465 g/mol. The lowest BCUT2D eigenvalue weighted by molar-refractivity contribution is -0.151. The normalized spacial score (nSPS) is 20.6. The molecule has 0 bridgehead atoms. The first-order valence-electron chi connectivity index (χ1n) is 9.13. The summed E-state index contributed by atoms with van der Waals surface area (Å²) in [4.78, 5) is 26.8. The van der Waals surface area contributed by atoms with Gasteiger partial charge in [-0.3, -0.25) is 9.69 Å². The highest BCUT2D eigenvalue weighted by atomic mass is 32.2. The van der Waals surface area contributed by atoms with Crippen molar-refractivity contribution < 1.29 is 19.1 Å². The fourth-order valence-electron chi connectivity index (χ4n) is 3.10. The van der Waals surface area contributed by atoms with Crippen LogP contribution in [0.4, 0.5) is 0 Å². The summed E-state index contributed by atoms with van der Waals surface area (Å²) in [6.45, 7) is 2.00. The minimum absolute atomic E-state index is 0.105. The van der Waals surface area contributed by atoms with Crippen LogP contribution in [-0.2, 0) is 20.9 Å².